The Hall–Kier alpha value is -2.92. The van der Waals surface area contributed by atoms with Crippen LogP contribution in [0.25, 0.3) is 0 Å². The quantitative estimate of drug-likeness (QED) is 0.185. The number of unbranched alkanes of at least 4 members (excludes halogenated alkanes) is 2. The standard InChI is InChI=1S/C27H42N4O6S/c1-18(2)28-17-23(33)29-21(14-10-7-11-15-38-19(3)32)24(34)31-27(4,5)26(37)30-22(25(35)36)16-20-12-8-6-9-13-20/h6,8-9,12-13,18,21-22,28H,7,10-11,14-17H2,1-5H3,(H,29,33)(H,30,37)(H,31,34)(H,35,36)/t21-,22-/m0/s1. The maximum absolute atomic E-state index is 13.2. The van der Waals surface area contributed by atoms with Crippen molar-refractivity contribution in [3.63, 3.8) is 0 Å². The number of hydrogen-bond donors (Lipinski definition) is 5. The molecule has 0 aliphatic rings. The summed E-state index contributed by atoms with van der Waals surface area (Å²) in [6, 6.07) is 6.98. The van der Waals surface area contributed by atoms with Crippen molar-refractivity contribution in [1.29, 1.82) is 0 Å². The summed E-state index contributed by atoms with van der Waals surface area (Å²) in [5, 5.41) is 20.6. The zero-order valence-corrected chi connectivity index (χ0v) is 23.8. The van der Waals surface area contributed by atoms with Crippen molar-refractivity contribution in [2.24, 2.45) is 0 Å². The molecule has 0 aliphatic carbocycles. The van der Waals surface area contributed by atoms with E-state index in [9.17, 15) is 29.1 Å². The highest BCUT2D eigenvalue weighted by Crippen LogP contribution is 2.12. The van der Waals surface area contributed by atoms with Gasteiger partial charge in [-0.25, -0.2) is 4.79 Å². The van der Waals surface area contributed by atoms with E-state index in [-0.39, 0.29) is 30.0 Å². The van der Waals surface area contributed by atoms with E-state index in [1.807, 2.05) is 19.9 Å². The normalized spacial score (nSPS) is 12.9. The van der Waals surface area contributed by atoms with Gasteiger partial charge in [0.05, 0.1) is 6.54 Å². The smallest absolute Gasteiger partial charge is 0.326 e. The first-order valence-corrected chi connectivity index (χ1v) is 13.9. The van der Waals surface area contributed by atoms with Gasteiger partial charge in [-0.1, -0.05) is 68.8 Å². The number of aliphatic carboxylic acids is 1. The van der Waals surface area contributed by atoms with Gasteiger partial charge in [0, 0.05) is 25.1 Å². The van der Waals surface area contributed by atoms with Crippen LogP contribution < -0.4 is 21.3 Å². The Labute approximate surface area is 229 Å². The molecule has 3 amide bonds. The van der Waals surface area contributed by atoms with Crippen LogP contribution in [-0.4, -0.2) is 69.9 Å². The van der Waals surface area contributed by atoms with E-state index in [2.05, 4.69) is 21.3 Å². The fraction of sp³-hybridized carbons (Fsp3) is 0.593. The van der Waals surface area contributed by atoms with Gasteiger partial charge in [0.25, 0.3) is 0 Å². The lowest BCUT2D eigenvalue weighted by atomic mass is 9.99. The van der Waals surface area contributed by atoms with Gasteiger partial charge in [-0.05, 0) is 32.3 Å². The van der Waals surface area contributed by atoms with E-state index < -0.39 is 35.4 Å². The third kappa shape index (κ3) is 13.6. The topological polar surface area (TPSA) is 154 Å². The summed E-state index contributed by atoms with van der Waals surface area (Å²) < 4.78 is 0. The van der Waals surface area contributed by atoms with Crippen LogP contribution in [0.4, 0.5) is 0 Å². The molecule has 10 nitrogen and oxygen atoms in total. The number of carbonyl (C=O) groups excluding carboxylic acids is 4. The summed E-state index contributed by atoms with van der Waals surface area (Å²) in [4.78, 5) is 61.5. The largest absolute Gasteiger partial charge is 0.480 e. The molecule has 0 unspecified atom stereocenters. The van der Waals surface area contributed by atoms with Gasteiger partial charge in [-0.3, -0.25) is 19.2 Å². The molecule has 0 aromatic heterocycles. The third-order valence-corrected chi connectivity index (χ3v) is 6.55. The highest BCUT2D eigenvalue weighted by molar-refractivity contribution is 8.13. The highest BCUT2D eigenvalue weighted by atomic mass is 32.2. The number of carbonyl (C=O) groups is 5. The second-order valence-corrected chi connectivity index (χ2v) is 11.3. The molecule has 5 N–H and O–H groups in total. The Morgan fingerprint density at radius 3 is 2.18 bits per heavy atom. The van der Waals surface area contributed by atoms with Gasteiger partial charge in [0.2, 0.25) is 17.7 Å². The van der Waals surface area contributed by atoms with Crippen LogP contribution >= 0.6 is 11.8 Å². The van der Waals surface area contributed by atoms with Crippen molar-refractivity contribution < 1.29 is 29.1 Å². The van der Waals surface area contributed by atoms with E-state index in [1.165, 1.54) is 32.5 Å². The molecule has 38 heavy (non-hydrogen) atoms. The maximum Gasteiger partial charge on any atom is 0.326 e. The van der Waals surface area contributed by atoms with Crippen LogP contribution in [0.5, 0.6) is 0 Å². The first kappa shape index (κ1) is 33.1. The number of amides is 3. The molecule has 1 aromatic rings. The maximum atomic E-state index is 13.2. The molecule has 1 aromatic carbocycles. The zero-order chi connectivity index (χ0) is 28.7. The van der Waals surface area contributed by atoms with Gasteiger partial charge in [-0.15, -0.1) is 0 Å². The number of carboxylic acid groups (broad SMARTS) is 1. The fourth-order valence-corrected chi connectivity index (χ4v) is 4.13. The van der Waals surface area contributed by atoms with Gasteiger partial charge < -0.3 is 26.4 Å². The van der Waals surface area contributed by atoms with Crippen LogP contribution in [0.15, 0.2) is 30.3 Å². The predicted molar refractivity (Wildman–Crippen MR) is 149 cm³/mol. The number of carboxylic acids is 1. The molecule has 0 heterocycles. The molecule has 0 saturated heterocycles. The Kier molecular flexibility index (Phi) is 14.7. The lowest BCUT2D eigenvalue weighted by Gasteiger charge is -2.29. The Bertz CT molecular complexity index is 939. The van der Waals surface area contributed by atoms with Crippen LogP contribution in [0.3, 0.4) is 0 Å². The second-order valence-electron chi connectivity index (χ2n) is 10.0. The minimum atomic E-state index is -1.43. The molecule has 212 valence electrons. The van der Waals surface area contributed by atoms with Crippen molar-refractivity contribution in [2.45, 2.75) is 90.4 Å². The first-order valence-electron chi connectivity index (χ1n) is 12.9. The molecule has 2 atom stereocenters. The van der Waals surface area contributed by atoms with Crippen LogP contribution in [0.1, 0.15) is 65.9 Å². The molecular weight excluding hydrogens is 508 g/mol. The summed E-state index contributed by atoms with van der Waals surface area (Å²) in [6.45, 7) is 8.34. The van der Waals surface area contributed by atoms with Gasteiger partial charge >= 0.3 is 5.97 Å². The summed E-state index contributed by atoms with van der Waals surface area (Å²) >= 11 is 1.25. The summed E-state index contributed by atoms with van der Waals surface area (Å²) in [5.41, 5.74) is -0.680. The van der Waals surface area contributed by atoms with Gasteiger partial charge in [-0.2, -0.15) is 0 Å². The van der Waals surface area contributed by atoms with Crippen molar-refractivity contribution in [2.75, 3.05) is 12.3 Å². The molecule has 0 saturated carbocycles. The monoisotopic (exact) mass is 550 g/mol. The summed E-state index contributed by atoms with van der Waals surface area (Å²) in [6.07, 6.45) is 2.66. The molecule has 0 radical (unpaired) electrons. The van der Waals surface area contributed by atoms with Crippen molar-refractivity contribution in [1.82, 2.24) is 21.3 Å². The van der Waals surface area contributed by atoms with E-state index >= 15 is 0 Å². The minimum Gasteiger partial charge on any atom is -0.480 e. The molecule has 0 aliphatic heterocycles. The van der Waals surface area contributed by atoms with E-state index in [4.69, 9.17) is 0 Å². The van der Waals surface area contributed by atoms with Crippen LogP contribution in [0, 0.1) is 0 Å². The van der Waals surface area contributed by atoms with Crippen molar-refractivity contribution in [3.8, 4) is 0 Å². The average molecular weight is 551 g/mol. The molecular formula is C27H42N4O6S. The summed E-state index contributed by atoms with van der Waals surface area (Å²) in [5.74, 6) is -2.02. The van der Waals surface area contributed by atoms with E-state index in [1.54, 1.807) is 24.3 Å². The fourth-order valence-electron chi connectivity index (χ4n) is 3.49. The molecule has 1 rings (SSSR count). The highest BCUT2D eigenvalue weighted by Gasteiger charge is 2.35. The first-order chi connectivity index (χ1) is 17.8. The number of benzene rings is 1. The SMILES string of the molecule is CC(=O)SCCCCC[C@H](NC(=O)CNC(C)C)C(=O)NC(C)(C)C(=O)N[C@@H](Cc1ccccc1)C(=O)O. The van der Waals surface area contributed by atoms with E-state index in [0.29, 0.717) is 18.6 Å². The Morgan fingerprint density at radius 2 is 1.61 bits per heavy atom. The average Bonchev–Trinajstić information content (AvgIpc) is 2.83. The van der Waals surface area contributed by atoms with Crippen molar-refractivity contribution in [3.05, 3.63) is 35.9 Å². The van der Waals surface area contributed by atoms with E-state index in [0.717, 1.165) is 18.4 Å². The molecule has 0 spiro atoms. The number of hydrogen-bond acceptors (Lipinski definition) is 7. The molecule has 11 heteroatoms. The van der Waals surface area contributed by atoms with Gasteiger partial charge in [0.1, 0.15) is 17.6 Å². The zero-order valence-electron chi connectivity index (χ0n) is 23.0. The number of thioether (sulfide) groups is 1. The molecule has 0 bridgehead atoms. The lowest BCUT2D eigenvalue weighted by molar-refractivity contribution is -0.143. The van der Waals surface area contributed by atoms with Crippen molar-refractivity contribution >= 4 is 40.6 Å². The number of nitrogens with one attached hydrogen (secondary N) is 4. The van der Waals surface area contributed by atoms with Crippen LogP contribution in [-0.2, 0) is 30.4 Å². The van der Waals surface area contributed by atoms with Crippen LogP contribution in [0.2, 0.25) is 0 Å². The van der Waals surface area contributed by atoms with Gasteiger partial charge in [0.15, 0.2) is 5.12 Å². The predicted octanol–water partition coefficient (Wildman–Crippen LogP) is 2.02. The Morgan fingerprint density at radius 1 is 0.947 bits per heavy atom. The summed E-state index contributed by atoms with van der Waals surface area (Å²) in [7, 11) is 0. The number of rotatable bonds is 17. The minimum absolute atomic E-state index is 0.0420. The molecule has 0 fully saturated rings. The third-order valence-electron chi connectivity index (χ3n) is 5.65. The second kappa shape index (κ2) is 16.8. The lowest BCUT2D eigenvalue weighted by Crippen LogP contribution is -2.61. The Balaban J connectivity index is 2.82.